The van der Waals surface area contributed by atoms with E-state index in [0.29, 0.717) is 58.1 Å². The molecule has 0 saturated heterocycles. The van der Waals surface area contributed by atoms with E-state index in [1.165, 1.54) is 92.2 Å². The van der Waals surface area contributed by atoms with Crippen molar-refractivity contribution in [3.63, 3.8) is 0 Å². The zero-order valence-electron chi connectivity index (χ0n) is 77.3. The lowest BCUT2D eigenvalue weighted by Gasteiger charge is -2.26. The number of carbonyl (C=O) groups excluding carboxylic acids is 2. The van der Waals surface area contributed by atoms with Crippen LogP contribution in [0.2, 0.25) is 0 Å². The van der Waals surface area contributed by atoms with Gasteiger partial charge in [-0.3, -0.25) is 40.0 Å². The summed E-state index contributed by atoms with van der Waals surface area (Å²) in [4.78, 5) is 55.5. The summed E-state index contributed by atoms with van der Waals surface area (Å²) in [5.74, 6) is 1.80. The van der Waals surface area contributed by atoms with Crippen molar-refractivity contribution in [2.45, 2.75) is 148 Å². The number of carbonyl (C=O) groups is 3. The SMILES string of the molecule is CC(C)(C)c1cc(CBr)cc(C(C)(C)C)c1.CC(C)(C)c1ccc(CBr)cc1.CCOc1ccc([N+](=O)[O-])cc1CBr.ClCc1ccc(OCc2ccccc2)cc1.ClCc1ccccc1.O=C(Nn1cnnc1)c1ccc(CBr)cc1.O=C(O)Cc1ccc(CBr)cc1.O=Cc1ccc(/C=C/c2ccccc2)cc1.O=[N+]([O-])c1ccc(O)c(CBr)c1.[C-]#[N+]/C(C#N)=C/c1cccc(CBr)c1. The van der Waals surface area contributed by atoms with Gasteiger partial charge < -0.3 is 19.7 Å². The number of nitriles is 1. The fourth-order valence-corrected chi connectivity index (χ4v) is 14.2. The third-order valence-electron chi connectivity index (χ3n) is 18.8. The second-order valence-electron chi connectivity index (χ2n) is 32.4. The van der Waals surface area contributed by atoms with Crippen molar-refractivity contribution in [2.24, 2.45) is 0 Å². The van der Waals surface area contributed by atoms with E-state index in [9.17, 15) is 34.6 Å². The lowest BCUT2D eigenvalue weighted by atomic mass is 9.80. The molecule has 0 atom stereocenters. The number of nitro groups is 2. The number of ether oxygens (including phenoxy) is 2. The van der Waals surface area contributed by atoms with Crippen LogP contribution in [0.4, 0.5) is 11.4 Å². The number of non-ortho nitro benzene ring substituents is 2. The summed E-state index contributed by atoms with van der Waals surface area (Å²) in [6.45, 7) is 30.1. The number of allylic oxidation sites excluding steroid dienone is 1. The van der Waals surface area contributed by atoms with Gasteiger partial charge in [0.25, 0.3) is 23.0 Å². The number of nitrogens with zero attached hydrogens (tertiary/aromatic N) is 7. The van der Waals surface area contributed by atoms with E-state index >= 15 is 0 Å². The highest BCUT2D eigenvalue weighted by Crippen LogP contribution is 2.33. The molecule has 0 aliphatic rings. The molecule has 13 aromatic rings. The van der Waals surface area contributed by atoms with E-state index in [2.05, 4.69) is 255 Å². The molecule has 0 saturated carbocycles. The smallest absolute Gasteiger partial charge is 0.307 e. The minimum atomic E-state index is -0.790. The first-order valence-corrected chi connectivity index (χ1v) is 51.3. The Hall–Kier alpha value is -11.0. The maximum Gasteiger partial charge on any atom is 0.307 e. The highest BCUT2D eigenvalue weighted by molar-refractivity contribution is 9.09. The van der Waals surface area contributed by atoms with Gasteiger partial charge in [0.15, 0.2) is 0 Å². The number of hydrogen-bond donors (Lipinski definition) is 3. The van der Waals surface area contributed by atoms with Crippen LogP contribution >= 0.6 is 135 Å². The highest BCUT2D eigenvalue weighted by Gasteiger charge is 2.21. The number of aromatic hydroxyl groups is 1. The van der Waals surface area contributed by atoms with Crippen LogP contribution in [0.3, 0.4) is 0 Å². The third-order valence-corrected chi connectivity index (χ3v) is 23.9. The van der Waals surface area contributed by atoms with Crippen molar-refractivity contribution >= 4 is 182 Å². The first-order valence-electron chi connectivity index (χ1n) is 42.4. The number of carboxylic acid groups (broad SMARTS) is 1. The summed E-state index contributed by atoms with van der Waals surface area (Å²) >= 11 is 34.6. The van der Waals surface area contributed by atoms with Crippen molar-refractivity contribution in [1.29, 1.82) is 5.26 Å². The van der Waals surface area contributed by atoms with E-state index in [-0.39, 0.29) is 51.4 Å². The number of amides is 1. The zero-order valence-corrected chi connectivity index (χ0v) is 89.9. The van der Waals surface area contributed by atoms with Gasteiger partial charge in [0.05, 0.1) is 35.5 Å². The monoisotopic (exact) mass is 2320 g/mol. The molecule has 712 valence electrons. The molecule has 1 heterocycles. The van der Waals surface area contributed by atoms with Crippen molar-refractivity contribution < 1.29 is 43.9 Å². The number of alkyl halides is 9. The van der Waals surface area contributed by atoms with Crippen molar-refractivity contribution in [2.75, 3.05) is 12.0 Å². The number of aromatic nitrogens is 3. The van der Waals surface area contributed by atoms with Gasteiger partial charge in [-0.2, -0.15) is 0 Å². The van der Waals surface area contributed by atoms with Crippen LogP contribution in [0.25, 0.3) is 23.1 Å². The van der Waals surface area contributed by atoms with Gasteiger partial charge in [-0.1, -0.05) is 416 Å². The number of benzene rings is 12. The Morgan fingerprint density at radius 2 is 0.897 bits per heavy atom. The van der Waals surface area contributed by atoms with Crippen LogP contribution in [-0.4, -0.2) is 59.7 Å². The average Bonchev–Trinajstić information content (AvgIpc) is 0.922. The molecule has 0 bridgehead atoms. The number of nitro benzene ring substituents is 2. The zero-order chi connectivity index (χ0) is 100. The number of nitrogens with one attached hydrogen (secondary N) is 1. The molecule has 12 aromatic carbocycles. The number of rotatable bonds is 24. The first-order chi connectivity index (χ1) is 65.0. The van der Waals surface area contributed by atoms with Gasteiger partial charge in [-0.15, -0.1) is 33.4 Å². The number of carboxylic acids is 1. The normalized spacial score (nSPS) is 10.5. The fourth-order valence-electron chi connectivity index (χ4n) is 11.1. The number of phenolic OH excluding ortho intramolecular Hbond substituents is 1. The maximum atomic E-state index is 11.7. The molecule has 0 aliphatic heterocycles. The van der Waals surface area contributed by atoms with Crippen LogP contribution in [0.1, 0.15) is 185 Å². The van der Waals surface area contributed by atoms with Gasteiger partial charge in [0.1, 0.15) is 42.8 Å². The lowest BCUT2D eigenvalue weighted by Crippen LogP contribution is -2.21. The predicted octanol–water partition coefficient (Wildman–Crippen LogP) is 31.4. The Morgan fingerprint density at radius 3 is 1.33 bits per heavy atom. The number of phenols is 1. The Bertz CT molecular complexity index is 5840. The molecule has 0 spiro atoms. The Balaban J connectivity index is 0.000000317. The molecular weight excluding hydrogens is 2220 g/mol. The lowest BCUT2D eigenvalue weighted by molar-refractivity contribution is -0.385. The van der Waals surface area contributed by atoms with E-state index in [1.807, 2.05) is 207 Å². The Morgan fingerprint density at radius 1 is 0.478 bits per heavy atom. The molecule has 28 heteroatoms. The van der Waals surface area contributed by atoms with E-state index in [1.54, 1.807) is 24.3 Å². The molecule has 19 nitrogen and oxygen atoms in total. The molecule has 0 radical (unpaired) electrons. The molecule has 0 fully saturated rings. The van der Waals surface area contributed by atoms with Crippen LogP contribution in [0.15, 0.2) is 310 Å². The van der Waals surface area contributed by atoms with Crippen LogP contribution in [-0.2, 0) is 83.1 Å². The molecule has 3 N–H and O–H groups in total. The topological polar surface area (TPSA) is 267 Å². The summed E-state index contributed by atoms with van der Waals surface area (Å²) < 4.78 is 12.4. The average molecular weight is 2330 g/mol. The third kappa shape index (κ3) is 47.2. The Labute approximate surface area is 868 Å². The maximum absolute atomic E-state index is 11.7. The van der Waals surface area contributed by atoms with Crippen LogP contribution < -0.4 is 14.9 Å². The van der Waals surface area contributed by atoms with Gasteiger partial charge in [-0.05, 0) is 149 Å². The number of halogens is 9. The molecule has 0 aliphatic carbocycles. The molecule has 136 heavy (non-hydrogen) atoms. The number of aliphatic carboxylic acids is 1. The van der Waals surface area contributed by atoms with E-state index < -0.39 is 15.8 Å². The minimum Gasteiger partial charge on any atom is -0.508 e. The fraction of sp³-hybridized carbons (Fsp3) is 0.231. The molecule has 1 amide bonds. The number of aldehydes is 1. The largest absolute Gasteiger partial charge is 0.508 e. The molecule has 0 unspecified atom stereocenters. The molecule has 13 rings (SSSR count). The van der Waals surface area contributed by atoms with Crippen LogP contribution in [0, 0.1) is 38.1 Å². The van der Waals surface area contributed by atoms with Crippen LogP contribution in [0.5, 0.6) is 17.2 Å². The predicted molar refractivity (Wildman–Crippen MR) is 581 cm³/mol. The minimum absolute atomic E-state index is 0.0118. The quantitative estimate of drug-likeness (QED) is 0.00966. The van der Waals surface area contributed by atoms with E-state index in [4.69, 9.17) is 54.7 Å². The second kappa shape index (κ2) is 64.9. The summed E-state index contributed by atoms with van der Waals surface area (Å²) in [6, 6.07) is 94.2. The summed E-state index contributed by atoms with van der Waals surface area (Å²) in [6.07, 6.45) is 9.46. The van der Waals surface area contributed by atoms with Gasteiger partial charge in [0, 0.05) is 95.6 Å². The standard InChI is InChI=1S/C15H23Br.C15H12O.C14H13ClO.C11H7BrN2.C11H15Br.C10H9BrN4O.C9H10BrNO3.C9H9BrO2.C7H6BrNO3.C7H7Cl/c1-14(2,3)12-7-11(10-16)8-13(9-12)15(4,5)6;16-12-15-10-8-14(9-11-15)7-6-13-4-2-1-3-5-13;15-10-12-6-8-14(9-7-12)16-11-13-4-2-1-3-5-13;1-14-11(8-13)6-9-3-2-4-10(5-9)7-12;1-11(2,3)10-6-4-9(8-12)5-7-10;11-5-8-1-3-9(4-2-8)10(16)14-15-6-12-13-7-15;1-2-14-9-4-3-8(11(12)13)5-7(9)6-10;10-6-8-3-1-7(2-4-8)5-9(11)12;8-4-5-3-6(9(11)12)1-2-7(5)10;8-6-7-4-2-1-3-5-7/h7-9H,10H2,1-6H3;1-12H;1-9H,10-11H2;2-6H,7H2;4-7H,8H2,1-3H3;1-4,6-7H,5H2,(H,14,16);3-5H,2,6H2,1H3;1-4H,5-6H2,(H,11,12);1-3,10H,4H2;1-5H,6H2/b;7-6+;;11-6+;;;;;;. The number of hydrogen-bond acceptors (Lipinski definition) is 13. The summed E-state index contributed by atoms with van der Waals surface area (Å²) in [7, 11) is 0. The first kappa shape index (κ1) is 117. The second-order valence-corrected chi connectivity index (χ2v) is 36.9. The highest BCUT2D eigenvalue weighted by atomic mass is 79.9. The van der Waals surface area contributed by atoms with Crippen molar-refractivity contribution in [3.8, 4) is 23.3 Å². The van der Waals surface area contributed by atoms with Crippen molar-refractivity contribution in [3.05, 3.63) is 447 Å². The van der Waals surface area contributed by atoms with Gasteiger partial charge in [0.2, 0.25) is 0 Å². The van der Waals surface area contributed by atoms with Gasteiger partial charge in [-0.25, -0.2) is 14.8 Å². The summed E-state index contributed by atoms with van der Waals surface area (Å²) in [5, 5.41) is 59.4. The molecular formula is C108H111Br7Cl2N8O11. The Kier molecular flexibility index (Phi) is 56.0. The van der Waals surface area contributed by atoms with Crippen molar-refractivity contribution in [1.82, 2.24) is 14.9 Å². The molecule has 1 aromatic heterocycles. The van der Waals surface area contributed by atoms with E-state index in [0.717, 1.165) is 83.2 Å². The van der Waals surface area contributed by atoms with Gasteiger partial charge >= 0.3 is 5.97 Å². The summed E-state index contributed by atoms with van der Waals surface area (Å²) in [5.41, 5.74) is 23.9.